The number of ketones is 1. The Kier molecular flexibility index (Phi) is 3.50. The van der Waals surface area contributed by atoms with Gasteiger partial charge in [0.2, 0.25) is 0 Å². The molecule has 0 aromatic heterocycles. The van der Waals surface area contributed by atoms with Crippen molar-refractivity contribution >= 4 is 5.78 Å². The van der Waals surface area contributed by atoms with Gasteiger partial charge in [0.25, 0.3) is 0 Å². The summed E-state index contributed by atoms with van der Waals surface area (Å²) in [6, 6.07) is 0. The third-order valence-corrected chi connectivity index (χ3v) is 0.751. The molecule has 0 radical (unpaired) electrons. The second kappa shape index (κ2) is 3.66. The molecular formula is C7H13FO2. The highest BCUT2D eigenvalue weighted by molar-refractivity contribution is 5.76. The van der Waals surface area contributed by atoms with Crippen LogP contribution in [0.4, 0.5) is 4.39 Å². The lowest BCUT2D eigenvalue weighted by Crippen LogP contribution is -2.22. The molecule has 0 unspecified atom stereocenters. The van der Waals surface area contributed by atoms with Crippen molar-refractivity contribution in [2.45, 2.75) is 26.4 Å². The molecule has 2 nitrogen and oxygen atoms in total. The lowest BCUT2D eigenvalue weighted by molar-refractivity contribution is -0.122. The molecule has 0 N–H and O–H groups in total. The summed E-state index contributed by atoms with van der Waals surface area (Å²) in [6.45, 7) is 4.21. The number of carbonyl (C=O) groups is 1. The van der Waals surface area contributed by atoms with E-state index in [0.717, 1.165) is 0 Å². The van der Waals surface area contributed by atoms with Crippen LogP contribution in [0, 0.1) is 0 Å². The molecular weight excluding hydrogens is 135 g/mol. The molecule has 10 heavy (non-hydrogen) atoms. The normalized spacial score (nSPS) is 11.6. The van der Waals surface area contributed by atoms with Crippen LogP contribution in [0.25, 0.3) is 0 Å². The lowest BCUT2D eigenvalue weighted by Gasteiger charge is -2.12. The maximum Gasteiger partial charge on any atom is 0.155 e. The first-order chi connectivity index (χ1) is 4.42. The first-order valence-electron chi connectivity index (χ1n) is 3.18. The van der Waals surface area contributed by atoms with Crippen LogP contribution in [0.1, 0.15) is 20.8 Å². The number of rotatable bonds is 4. The predicted octanol–water partition coefficient (Wildman–Crippen LogP) is 1.34. The average molecular weight is 148 g/mol. The van der Waals surface area contributed by atoms with Crippen molar-refractivity contribution < 1.29 is 13.9 Å². The highest BCUT2D eigenvalue weighted by atomic mass is 19.1. The van der Waals surface area contributed by atoms with E-state index in [1.165, 1.54) is 20.8 Å². The zero-order chi connectivity index (χ0) is 8.20. The van der Waals surface area contributed by atoms with Crippen LogP contribution >= 0.6 is 0 Å². The van der Waals surface area contributed by atoms with Crippen molar-refractivity contribution in [3.63, 3.8) is 0 Å². The molecule has 0 aromatic carbocycles. The molecule has 0 spiro atoms. The van der Waals surface area contributed by atoms with E-state index in [0.29, 0.717) is 0 Å². The van der Waals surface area contributed by atoms with Crippen molar-refractivity contribution in [2.75, 3.05) is 13.2 Å². The Morgan fingerprint density at radius 2 is 2.10 bits per heavy atom. The molecule has 0 aliphatic heterocycles. The van der Waals surface area contributed by atoms with Gasteiger partial charge in [-0.3, -0.25) is 4.79 Å². The topological polar surface area (TPSA) is 26.3 Å². The molecule has 0 amide bonds. The fourth-order valence-corrected chi connectivity index (χ4v) is 0.437. The van der Waals surface area contributed by atoms with Gasteiger partial charge in [0, 0.05) is 0 Å². The Labute approximate surface area is 60.4 Å². The summed E-state index contributed by atoms with van der Waals surface area (Å²) < 4.78 is 17.3. The zero-order valence-electron chi connectivity index (χ0n) is 6.61. The largest absolute Gasteiger partial charge is 0.370 e. The Morgan fingerprint density at radius 3 is 2.40 bits per heavy atom. The molecule has 60 valence electrons. The summed E-state index contributed by atoms with van der Waals surface area (Å²) in [7, 11) is 0. The van der Waals surface area contributed by atoms with Crippen molar-refractivity contribution in [1.29, 1.82) is 0 Å². The summed E-state index contributed by atoms with van der Waals surface area (Å²) in [4.78, 5) is 10.3. The van der Waals surface area contributed by atoms with Gasteiger partial charge >= 0.3 is 0 Å². The number of alkyl halides is 1. The molecule has 0 aromatic rings. The number of hydrogen-bond acceptors (Lipinski definition) is 2. The predicted molar refractivity (Wildman–Crippen MR) is 36.7 cm³/mol. The number of Topliss-reactive ketones (excluding diaryl/α,β-unsaturated/α-hetero) is 1. The van der Waals surface area contributed by atoms with Crippen molar-refractivity contribution in [2.24, 2.45) is 0 Å². The zero-order valence-corrected chi connectivity index (χ0v) is 6.61. The van der Waals surface area contributed by atoms with Crippen LogP contribution in [0.15, 0.2) is 0 Å². The Morgan fingerprint density at radius 1 is 1.60 bits per heavy atom. The molecule has 0 aliphatic rings. The minimum atomic E-state index is -1.34. The first kappa shape index (κ1) is 9.56. The average Bonchev–Trinajstić information content (AvgIpc) is 1.59. The third-order valence-electron chi connectivity index (χ3n) is 0.751. The van der Waals surface area contributed by atoms with Gasteiger partial charge in [-0.15, -0.1) is 0 Å². The van der Waals surface area contributed by atoms with E-state index in [9.17, 15) is 9.18 Å². The van der Waals surface area contributed by atoms with Crippen molar-refractivity contribution in [1.82, 2.24) is 0 Å². The fraction of sp³-hybridized carbons (Fsp3) is 0.857. The summed E-state index contributed by atoms with van der Waals surface area (Å²) in [5, 5.41) is 0. The second-order valence-electron chi connectivity index (χ2n) is 2.91. The molecule has 0 aliphatic carbocycles. The van der Waals surface area contributed by atoms with Crippen LogP contribution in [0.5, 0.6) is 0 Å². The smallest absolute Gasteiger partial charge is 0.155 e. The minimum absolute atomic E-state index is 0.00729. The molecule has 0 saturated heterocycles. The summed E-state index contributed by atoms with van der Waals surface area (Å²) in [5.74, 6) is -0.0794. The maximum absolute atomic E-state index is 12.6. The first-order valence-corrected chi connectivity index (χ1v) is 3.18. The summed E-state index contributed by atoms with van der Waals surface area (Å²) in [5.41, 5.74) is -1.34. The van der Waals surface area contributed by atoms with Crippen LogP contribution in [-0.2, 0) is 9.53 Å². The molecule has 0 bridgehead atoms. The number of halogens is 1. The van der Waals surface area contributed by atoms with E-state index in [1.54, 1.807) is 0 Å². The molecule has 0 rings (SSSR count). The van der Waals surface area contributed by atoms with E-state index in [-0.39, 0.29) is 19.0 Å². The molecule has 0 atom stereocenters. The Hall–Kier alpha value is -0.440. The van der Waals surface area contributed by atoms with Gasteiger partial charge in [-0.05, 0) is 20.8 Å². The quantitative estimate of drug-likeness (QED) is 0.601. The third kappa shape index (κ3) is 7.56. The summed E-state index contributed by atoms with van der Waals surface area (Å²) >= 11 is 0. The highest BCUT2D eigenvalue weighted by Crippen LogP contribution is 2.07. The van der Waals surface area contributed by atoms with Gasteiger partial charge in [0.15, 0.2) is 5.78 Å². The second-order valence-corrected chi connectivity index (χ2v) is 2.91. The minimum Gasteiger partial charge on any atom is -0.370 e. The molecule has 0 fully saturated rings. The highest BCUT2D eigenvalue weighted by Gasteiger charge is 2.15. The lowest BCUT2D eigenvalue weighted by atomic mass is 10.2. The van der Waals surface area contributed by atoms with Crippen molar-refractivity contribution in [3.05, 3.63) is 0 Å². The maximum atomic E-state index is 12.6. The number of hydrogen-bond donors (Lipinski definition) is 0. The van der Waals surface area contributed by atoms with Gasteiger partial charge < -0.3 is 4.74 Å². The number of ether oxygens (including phenoxy) is 1. The van der Waals surface area contributed by atoms with Gasteiger partial charge in [-0.1, -0.05) is 0 Å². The van der Waals surface area contributed by atoms with E-state index >= 15 is 0 Å². The standard InChI is InChI=1S/C7H13FO2/c1-6(9)4-10-5-7(2,3)8/h4-5H2,1-3H3. The SMILES string of the molecule is CC(=O)COCC(C)(C)F. The molecule has 0 heterocycles. The van der Waals surface area contributed by atoms with E-state index in [4.69, 9.17) is 4.74 Å². The van der Waals surface area contributed by atoms with Gasteiger partial charge in [-0.2, -0.15) is 0 Å². The number of carbonyl (C=O) groups excluding carboxylic acids is 1. The van der Waals surface area contributed by atoms with E-state index in [1.807, 2.05) is 0 Å². The van der Waals surface area contributed by atoms with Crippen LogP contribution in [0.3, 0.4) is 0 Å². The fourth-order valence-electron chi connectivity index (χ4n) is 0.437. The summed E-state index contributed by atoms with van der Waals surface area (Å²) in [6.07, 6.45) is 0. The van der Waals surface area contributed by atoms with Gasteiger partial charge in [-0.25, -0.2) is 4.39 Å². The van der Waals surface area contributed by atoms with Crippen molar-refractivity contribution in [3.8, 4) is 0 Å². The van der Waals surface area contributed by atoms with E-state index < -0.39 is 5.67 Å². The Bertz CT molecular complexity index is 115. The van der Waals surface area contributed by atoms with E-state index in [2.05, 4.69) is 0 Å². The van der Waals surface area contributed by atoms with Crippen LogP contribution < -0.4 is 0 Å². The van der Waals surface area contributed by atoms with Crippen LogP contribution in [0.2, 0.25) is 0 Å². The monoisotopic (exact) mass is 148 g/mol. The molecule has 3 heteroatoms. The molecule has 0 saturated carbocycles. The van der Waals surface area contributed by atoms with Gasteiger partial charge in [0.05, 0.1) is 6.61 Å². The van der Waals surface area contributed by atoms with Gasteiger partial charge in [0.1, 0.15) is 12.3 Å². The van der Waals surface area contributed by atoms with Crippen LogP contribution in [-0.4, -0.2) is 24.7 Å². The Balaban J connectivity index is 3.29.